The van der Waals surface area contributed by atoms with Crippen LogP contribution in [0, 0.1) is 11.7 Å². The number of rotatable bonds is 2. The minimum atomic E-state index is -0.497. The van der Waals surface area contributed by atoms with Crippen molar-refractivity contribution < 1.29 is 14.3 Å². The summed E-state index contributed by atoms with van der Waals surface area (Å²) < 4.78 is 13.3. The van der Waals surface area contributed by atoms with Gasteiger partial charge < -0.3 is 10.0 Å². The van der Waals surface area contributed by atoms with Crippen LogP contribution in [0.1, 0.15) is 36.0 Å². The maximum Gasteiger partial charge on any atom is 0.254 e. The lowest BCUT2D eigenvalue weighted by atomic mass is 9.89. The topological polar surface area (TPSA) is 40.5 Å². The minimum Gasteiger partial charge on any atom is -0.390 e. The van der Waals surface area contributed by atoms with Gasteiger partial charge in [0.2, 0.25) is 0 Å². The van der Waals surface area contributed by atoms with Crippen LogP contribution in [-0.2, 0) is 0 Å². The summed E-state index contributed by atoms with van der Waals surface area (Å²) in [6, 6.07) is 3.90. The highest BCUT2D eigenvalue weighted by molar-refractivity contribution is 6.31. The Morgan fingerprint density at radius 1 is 1.30 bits per heavy atom. The van der Waals surface area contributed by atoms with Gasteiger partial charge in [-0.3, -0.25) is 4.79 Å². The summed E-state index contributed by atoms with van der Waals surface area (Å²) in [4.78, 5) is 14.0. The molecule has 1 N–H and O–H groups in total. The molecule has 1 aromatic rings. The van der Waals surface area contributed by atoms with E-state index in [1.165, 1.54) is 18.2 Å². The largest absolute Gasteiger partial charge is 0.390 e. The lowest BCUT2D eigenvalue weighted by Crippen LogP contribution is -2.41. The van der Waals surface area contributed by atoms with E-state index in [0.717, 1.165) is 25.7 Å². The zero-order valence-corrected chi connectivity index (χ0v) is 11.9. The van der Waals surface area contributed by atoms with E-state index in [1.54, 1.807) is 4.90 Å². The molecule has 3 nitrogen and oxygen atoms in total. The molecule has 1 amide bonds. The van der Waals surface area contributed by atoms with Gasteiger partial charge >= 0.3 is 0 Å². The van der Waals surface area contributed by atoms with Crippen molar-refractivity contribution >= 4 is 17.5 Å². The fourth-order valence-electron chi connectivity index (χ4n) is 3.02. The van der Waals surface area contributed by atoms with E-state index >= 15 is 0 Å². The van der Waals surface area contributed by atoms with E-state index in [-0.39, 0.29) is 10.9 Å². The molecule has 0 unspecified atom stereocenters. The molecule has 0 aromatic heterocycles. The molecular formula is C15H17ClFNO2. The smallest absolute Gasteiger partial charge is 0.254 e. The maximum atomic E-state index is 13.3. The minimum absolute atomic E-state index is 0.187. The molecule has 0 radical (unpaired) electrons. The zero-order valence-electron chi connectivity index (χ0n) is 11.1. The summed E-state index contributed by atoms with van der Waals surface area (Å²) >= 11 is 5.78. The Kier molecular flexibility index (Phi) is 3.46. The monoisotopic (exact) mass is 297 g/mol. The normalized spacial score (nSPS) is 21.9. The molecule has 1 aromatic carbocycles. The van der Waals surface area contributed by atoms with Crippen LogP contribution in [0.5, 0.6) is 0 Å². The van der Waals surface area contributed by atoms with E-state index in [1.807, 2.05) is 0 Å². The van der Waals surface area contributed by atoms with Gasteiger partial charge in [0, 0.05) is 23.7 Å². The van der Waals surface area contributed by atoms with Crippen molar-refractivity contribution in [2.75, 3.05) is 13.1 Å². The average Bonchev–Trinajstić information content (AvgIpc) is 3.16. The number of carbonyl (C=O) groups excluding carboxylic acids is 1. The molecule has 0 atom stereocenters. The molecule has 20 heavy (non-hydrogen) atoms. The standard InChI is InChI=1S/C15H17ClFNO2/c16-12-7-10(8-13(17)9-12)14(19)18-5-1-11(2-6-18)15(20)3-4-15/h7-9,11,20H,1-6H2. The van der Waals surface area contributed by atoms with Gasteiger partial charge in [0.1, 0.15) is 5.82 Å². The molecule has 108 valence electrons. The van der Waals surface area contributed by atoms with Gasteiger partial charge in [-0.2, -0.15) is 0 Å². The summed E-state index contributed by atoms with van der Waals surface area (Å²) in [7, 11) is 0. The molecule has 2 aliphatic rings. The van der Waals surface area contributed by atoms with E-state index in [9.17, 15) is 14.3 Å². The first-order chi connectivity index (χ1) is 9.48. The molecule has 0 spiro atoms. The van der Waals surface area contributed by atoms with Crippen LogP contribution < -0.4 is 0 Å². The predicted molar refractivity (Wildman–Crippen MR) is 74.2 cm³/mol. The van der Waals surface area contributed by atoms with Crippen molar-refractivity contribution in [3.63, 3.8) is 0 Å². The first kappa shape index (κ1) is 13.8. The quantitative estimate of drug-likeness (QED) is 0.912. The summed E-state index contributed by atoms with van der Waals surface area (Å²) in [5.41, 5.74) is -0.185. The Labute approximate surface area is 122 Å². The van der Waals surface area contributed by atoms with Crippen molar-refractivity contribution in [2.24, 2.45) is 5.92 Å². The number of carbonyl (C=O) groups is 1. The van der Waals surface area contributed by atoms with E-state index in [0.29, 0.717) is 24.6 Å². The number of nitrogens with zero attached hydrogens (tertiary/aromatic N) is 1. The van der Waals surface area contributed by atoms with Crippen LogP contribution >= 0.6 is 11.6 Å². The fourth-order valence-corrected chi connectivity index (χ4v) is 3.24. The molecule has 0 bridgehead atoms. The average molecular weight is 298 g/mol. The Morgan fingerprint density at radius 3 is 2.50 bits per heavy atom. The van der Waals surface area contributed by atoms with E-state index in [2.05, 4.69) is 0 Å². The third-order valence-corrected chi connectivity index (χ3v) is 4.63. The van der Waals surface area contributed by atoms with Gasteiger partial charge in [0.25, 0.3) is 5.91 Å². The highest BCUT2D eigenvalue weighted by atomic mass is 35.5. The third-order valence-electron chi connectivity index (χ3n) is 4.41. The second kappa shape index (κ2) is 5.01. The number of piperidine rings is 1. The molecule has 1 heterocycles. The summed E-state index contributed by atoms with van der Waals surface area (Å²) in [5.74, 6) is -0.390. The van der Waals surface area contributed by atoms with Crippen molar-refractivity contribution in [3.8, 4) is 0 Å². The first-order valence-corrected chi connectivity index (χ1v) is 7.33. The summed E-state index contributed by atoms with van der Waals surface area (Å²) in [5, 5.41) is 10.3. The van der Waals surface area contributed by atoms with Gasteiger partial charge in [-0.15, -0.1) is 0 Å². The number of hydrogen-bond acceptors (Lipinski definition) is 2. The van der Waals surface area contributed by atoms with Gasteiger partial charge in [0.05, 0.1) is 5.60 Å². The number of halogens is 2. The summed E-state index contributed by atoms with van der Waals surface area (Å²) in [6.07, 6.45) is 3.38. The van der Waals surface area contributed by atoms with Crippen LogP contribution in [0.25, 0.3) is 0 Å². The number of hydrogen-bond donors (Lipinski definition) is 1. The van der Waals surface area contributed by atoms with Crippen LogP contribution in [0.15, 0.2) is 18.2 Å². The molecular weight excluding hydrogens is 281 g/mol. The second-order valence-electron chi connectivity index (χ2n) is 5.83. The van der Waals surface area contributed by atoms with Crippen LogP contribution in [-0.4, -0.2) is 34.6 Å². The molecule has 2 fully saturated rings. The third kappa shape index (κ3) is 2.67. The van der Waals surface area contributed by atoms with Gasteiger partial charge in [-0.1, -0.05) is 11.6 Å². The van der Waals surface area contributed by atoms with Gasteiger partial charge in [0.15, 0.2) is 0 Å². The van der Waals surface area contributed by atoms with Crippen LogP contribution in [0.4, 0.5) is 4.39 Å². The molecule has 1 aliphatic carbocycles. The lowest BCUT2D eigenvalue weighted by molar-refractivity contribution is 0.0340. The highest BCUT2D eigenvalue weighted by Crippen LogP contribution is 2.46. The molecule has 5 heteroatoms. The number of benzene rings is 1. The SMILES string of the molecule is O=C(c1cc(F)cc(Cl)c1)N1CCC(C2(O)CC2)CC1. The molecule has 1 saturated heterocycles. The predicted octanol–water partition coefficient (Wildman–Crippen LogP) is 2.86. The van der Waals surface area contributed by atoms with Crippen LogP contribution in [0.3, 0.4) is 0 Å². The van der Waals surface area contributed by atoms with Crippen molar-refractivity contribution in [1.29, 1.82) is 0 Å². The first-order valence-electron chi connectivity index (χ1n) is 6.96. The zero-order chi connectivity index (χ0) is 14.3. The van der Waals surface area contributed by atoms with E-state index in [4.69, 9.17) is 11.6 Å². The van der Waals surface area contributed by atoms with Crippen molar-refractivity contribution in [1.82, 2.24) is 4.90 Å². The van der Waals surface area contributed by atoms with Crippen molar-refractivity contribution in [2.45, 2.75) is 31.3 Å². The molecule has 1 saturated carbocycles. The van der Waals surface area contributed by atoms with E-state index < -0.39 is 11.4 Å². The number of amides is 1. The summed E-state index contributed by atoms with van der Waals surface area (Å²) in [6.45, 7) is 1.22. The Hall–Kier alpha value is -1.13. The van der Waals surface area contributed by atoms with Crippen molar-refractivity contribution in [3.05, 3.63) is 34.6 Å². The Bertz CT molecular complexity index is 516. The Balaban J connectivity index is 1.66. The fraction of sp³-hybridized carbons (Fsp3) is 0.533. The number of aliphatic hydroxyl groups is 1. The lowest BCUT2D eigenvalue weighted by Gasteiger charge is -2.34. The maximum absolute atomic E-state index is 13.3. The van der Waals surface area contributed by atoms with Crippen LogP contribution in [0.2, 0.25) is 5.02 Å². The van der Waals surface area contributed by atoms with Gasteiger partial charge in [-0.05, 0) is 49.8 Å². The highest BCUT2D eigenvalue weighted by Gasteiger charge is 2.48. The Morgan fingerprint density at radius 2 is 1.95 bits per heavy atom. The molecule has 1 aliphatic heterocycles. The second-order valence-corrected chi connectivity index (χ2v) is 6.26. The number of likely N-dealkylation sites (tertiary alicyclic amines) is 1. The molecule has 3 rings (SSSR count). The van der Waals surface area contributed by atoms with Gasteiger partial charge in [-0.25, -0.2) is 4.39 Å².